The summed E-state index contributed by atoms with van der Waals surface area (Å²) in [5.41, 5.74) is 5.84. The first-order valence-corrected chi connectivity index (χ1v) is 8.64. The number of nitriles is 1. The van der Waals surface area contributed by atoms with Gasteiger partial charge in [-0.15, -0.1) is 0 Å². The molecule has 1 amide bonds. The van der Waals surface area contributed by atoms with Crippen LogP contribution in [-0.4, -0.2) is 10.8 Å². The van der Waals surface area contributed by atoms with Gasteiger partial charge in [-0.25, -0.2) is 4.39 Å². The van der Waals surface area contributed by atoms with E-state index in [1.165, 1.54) is 6.07 Å². The fraction of sp³-hybridized carbons (Fsp3) is 0.0476. The SMILES string of the molecule is N#Cc1cccc(COc2cccc(NC(=O)c3cc(F)cc([N+](=O)[O-])c3N)c2)c1. The highest BCUT2D eigenvalue weighted by molar-refractivity contribution is 6.09. The number of nitrogens with one attached hydrogen (secondary N) is 1. The molecule has 0 saturated heterocycles. The average Bonchev–Trinajstić information content (AvgIpc) is 2.73. The van der Waals surface area contributed by atoms with Gasteiger partial charge in [-0.2, -0.15) is 5.26 Å². The minimum atomic E-state index is -0.947. The highest BCUT2D eigenvalue weighted by Gasteiger charge is 2.22. The topological polar surface area (TPSA) is 131 Å². The van der Waals surface area contributed by atoms with Crippen molar-refractivity contribution in [2.45, 2.75) is 6.61 Å². The molecule has 0 radical (unpaired) electrons. The number of anilines is 2. The summed E-state index contributed by atoms with van der Waals surface area (Å²) in [7, 11) is 0. The summed E-state index contributed by atoms with van der Waals surface area (Å²) in [6, 6.07) is 16.9. The molecule has 0 fully saturated rings. The highest BCUT2D eigenvalue weighted by Crippen LogP contribution is 2.28. The third-order valence-corrected chi connectivity index (χ3v) is 4.12. The van der Waals surface area contributed by atoms with Crippen molar-refractivity contribution < 1.29 is 18.8 Å². The normalized spacial score (nSPS) is 10.1. The third-order valence-electron chi connectivity index (χ3n) is 4.12. The van der Waals surface area contributed by atoms with Gasteiger partial charge in [-0.05, 0) is 35.9 Å². The Morgan fingerprint density at radius 1 is 1.20 bits per heavy atom. The van der Waals surface area contributed by atoms with Crippen LogP contribution in [0.3, 0.4) is 0 Å². The first kappa shape index (κ1) is 20.3. The van der Waals surface area contributed by atoms with Crippen LogP contribution in [0, 0.1) is 27.3 Å². The number of nitro benzene ring substituents is 1. The van der Waals surface area contributed by atoms with Gasteiger partial charge < -0.3 is 15.8 Å². The number of nitrogens with zero attached hydrogens (tertiary/aromatic N) is 2. The average molecular weight is 406 g/mol. The summed E-state index contributed by atoms with van der Waals surface area (Å²) < 4.78 is 19.3. The smallest absolute Gasteiger partial charge is 0.295 e. The molecule has 0 saturated carbocycles. The molecule has 3 rings (SSSR count). The summed E-state index contributed by atoms with van der Waals surface area (Å²) in [4.78, 5) is 22.6. The van der Waals surface area contributed by atoms with Crippen LogP contribution in [0.15, 0.2) is 60.7 Å². The first-order valence-electron chi connectivity index (χ1n) is 8.64. The second-order valence-electron chi connectivity index (χ2n) is 6.23. The van der Waals surface area contributed by atoms with E-state index in [1.54, 1.807) is 36.4 Å². The summed E-state index contributed by atoms with van der Waals surface area (Å²) in [6.45, 7) is 0.204. The van der Waals surface area contributed by atoms with Gasteiger partial charge in [0.1, 0.15) is 23.9 Å². The molecule has 3 aromatic rings. The maximum Gasteiger partial charge on any atom is 0.295 e. The summed E-state index contributed by atoms with van der Waals surface area (Å²) >= 11 is 0. The Morgan fingerprint density at radius 3 is 2.70 bits per heavy atom. The lowest BCUT2D eigenvalue weighted by Crippen LogP contribution is -2.15. The number of carbonyl (C=O) groups excluding carboxylic acids is 1. The van der Waals surface area contributed by atoms with Crippen molar-refractivity contribution >= 4 is 23.0 Å². The van der Waals surface area contributed by atoms with Crippen molar-refractivity contribution in [3.05, 3.63) is 93.3 Å². The minimum Gasteiger partial charge on any atom is -0.489 e. The molecule has 0 spiro atoms. The monoisotopic (exact) mass is 406 g/mol. The number of halogens is 1. The van der Waals surface area contributed by atoms with Crippen LogP contribution in [0.4, 0.5) is 21.5 Å². The number of nitro groups is 1. The molecular weight excluding hydrogens is 391 g/mol. The zero-order valence-corrected chi connectivity index (χ0v) is 15.5. The number of hydrogen-bond acceptors (Lipinski definition) is 6. The Bertz CT molecular complexity index is 1170. The van der Waals surface area contributed by atoms with E-state index in [0.717, 1.165) is 11.6 Å². The van der Waals surface area contributed by atoms with Gasteiger partial charge in [0.2, 0.25) is 0 Å². The fourth-order valence-corrected chi connectivity index (χ4v) is 2.70. The Hall–Kier alpha value is -4.45. The largest absolute Gasteiger partial charge is 0.489 e. The Morgan fingerprint density at radius 2 is 1.97 bits per heavy atom. The van der Waals surface area contributed by atoms with Crippen molar-refractivity contribution in [2.24, 2.45) is 0 Å². The zero-order valence-electron chi connectivity index (χ0n) is 15.5. The Kier molecular flexibility index (Phi) is 5.89. The molecule has 30 heavy (non-hydrogen) atoms. The molecular formula is C21H15FN4O4. The number of nitrogens with two attached hydrogens (primary N) is 1. The van der Waals surface area contributed by atoms with Crippen molar-refractivity contribution in [3.63, 3.8) is 0 Å². The van der Waals surface area contributed by atoms with Gasteiger partial charge >= 0.3 is 0 Å². The van der Waals surface area contributed by atoms with Crippen LogP contribution in [0.2, 0.25) is 0 Å². The Labute approximate surface area is 170 Å². The van der Waals surface area contributed by atoms with Gasteiger partial charge in [0.05, 0.1) is 28.2 Å². The molecule has 9 heteroatoms. The lowest BCUT2D eigenvalue weighted by molar-refractivity contribution is -0.384. The predicted octanol–water partition coefficient (Wildman–Crippen LogP) is 4.02. The van der Waals surface area contributed by atoms with Gasteiger partial charge in [0.25, 0.3) is 11.6 Å². The number of rotatable bonds is 6. The number of amides is 1. The molecule has 0 atom stereocenters. The molecule has 0 bridgehead atoms. The molecule has 0 aliphatic heterocycles. The van der Waals surface area contributed by atoms with Gasteiger partial charge in [-0.3, -0.25) is 14.9 Å². The van der Waals surface area contributed by atoms with Crippen LogP contribution in [0.5, 0.6) is 5.75 Å². The number of carbonyl (C=O) groups is 1. The molecule has 150 valence electrons. The maximum atomic E-state index is 13.7. The molecule has 0 aliphatic rings. The van der Waals surface area contributed by atoms with Gasteiger partial charge in [-0.1, -0.05) is 18.2 Å². The molecule has 3 N–H and O–H groups in total. The van der Waals surface area contributed by atoms with Crippen LogP contribution in [0.1, 0.15) is 21.5 Å². The number of hydrogen-bond donors (Lipinski definition) is 2. The van der Waals surface area contributed by atoms with E-state index in [4.69, 9.17) is 15.7 Å². The highest BCUT2D eigenvalue weighted by atomic mass is 19.1. The summed E-state index contributed by atoms with van der Waals surface area (Å²) in [6.07, 6.45) is 0. The van der Waals surface area contributed by atoms with Crippen molar-refractivity contribution in [3.8, 4) is 11.8 Å². The quantitative estimate of drug-likeness (QED) is 0.361. The van der Waals surface area contributed by atoms with Crippen LogP contribution < -0.4 is 15.8 Å². The van der Waals surface area contributed by atoms with E-state index in [0.29, 0.717) is 23.1 Å². The number of ether oxygens (including phenoxy) is 1. The number of nitrogen functional groups attached to an aromatic ring is 1. The predicted molar refractivity (Wildman–Crippen MR) is 107 cm³/mol. The van der Waals surface area contributed by atoms with Gasteiger partial charge in [0.15, 0.2) is 0 Å². The fourth-order valence-electron chi connectivity index (χ4n) is 2.70. The molecule has 0 aromatic heterocycles. The van der Waals surface area contributed by atoms with Crippen LogP contribution >= 0.6 is 0 Å². The van der Waals surface area contributed by atoms with E-state index in [-0.39, 0.29) is 12.2 Å². The molecule has 8 nitrogen and oxygen atoms in total. The second-order valence-corrected chi connectivity index (χ2v) is 6.23. The van der Waals surface area contributed by atoms with E-state index < -0.39 is 28.0 Å². The third kappa shape index (κ3) is 4.69. The first-order chi connectivity index (χ1) is 14.4. The second kappa shape index (κ2) is 8.70. The molecule has 3 aromatic carbocycles. The van der Waals surface area contributed by atoms with Crippen LogP contribution in [-0.2, 0) is 6.61 Å². The summed E-state index contributed by atoms with van der Waals surface area (Å²) in [5, 5.41) is 22.4. The Balaban J connectivity index is 1.74. The minimum absolute atomic E-state index is 0.204. The molecule has 0 heterocycles. The zero-order chi connectivity index (χ0) is 21.7. The standard InChI is InChI=1S/C21H15FN4O4/c22-15-8-18(20(24)19(9-15)26(28)29)21(27)25-16-5-2-6-17(10-16)30-12-14-4-1-3-13(7-14)11-23/h1-10H,12,24H2,(H,25,27). The van der Waals surface area contributed by atoms with E-state index >= 15 is 0 Å². The van der Waals surface area contributed by atoms with Crippen molar-refractivity contribution in [1.29, 1.82) is 5.26 Å². The number of benzene rings is 3. The molecule has 0 aliphatic carbocycles. The molecule has 0 unspecified atom stereocenters. The van der Waals surface area contributed by atoms with Crippen molar-refractivity contribution in [2.75, 3.05) is 11.1 Å². The maximum absolute atomic E-state index is 13.7. The van der Waals surface area contributed by atoms with E-state index in [2.05, 4.69) is 5.32 Å². The summed E-state index contributed by atoms with van der Waals surface area (Å²) in [5.74, 6) is -1.31. The van der Waals surface area contributed by atoms with E-state index in [9.17, 15) is 19.3 Å². The van der Waals surface area contributed by atoms with Gasteiger partial charge in [0, 0.05) is 11.8 Å². The lowest BCUT2D eigenvalue weighted by atomic mass is 10.1. The van der Waals surface area contributed by atoms with E-state index in [1.807, 2.05) is 12.1 Å². The lowest BCUT2D eigenvalue weighted by Gasteiger charge is -2.11. The van der Waals surface area contributed by atoms with Crippen LogP contribution in [0.25, 0.3) is 0 Å². The van der Waals surface area contributed by atoms with Crippen molar-refractivity contribution in [1.82, 2.24) is 0 Å².